The molecule has 0 aliphatic heterocycles. The van der Waals surface area contributed by atoms with Crippen LogP contribution in [-0.4, -0.2) is 23.8 Å². The monoisotopic (exact) mass is 409 g/mol. The van der Waals surface area contributed by atoms with E-state index in [2.05, 4.69) is 16.0 Å². The van der Waals surface area contributed by atoms with Gasteiger partial charge in [-0.15, -0.1) is 0 Å². The number of carbonyl (C=O) groups is 3. The molecule has 2 rings (SSSR count). The van der Waals surface area contributed by atoms with E-state index in [4.69, 9.17) is 0 Å². The highest BCUT2D eigenvalue weighted by Crippen LogP contribution is 2.16. The molecule has 1 unspecified atom stereocenters. The first-order chi connectivity index (χ1) is 14.2. The van der Waals surface area contributed by atoms with Crippen molar-refractivity contribution in [2.45, 2.75) is 47.1 Å². The SMILES string of the molecule is Cc1ccccc1C(=O)NC(CC(C)C)C(=O)Nc1ccc(NC(=O)C(C)C)cc1. The minimum Gasteiger partial charge on any atom is -0.340 e. The van der Waals surface area contributed by atoms with Crippen molar-refractivity contribution in [2.24, 2.45) is 11.8 Å². The normalized spacial score (nSPS) is 11.8. The Balaban J connectivity index is 2.07. The van der Waals surface area contributed by atoms with Gasteiger partial charge in [-0.05, 0) is 55.2 Å². The van der Waals surface area contributed by atoms with E-state index in [1.807, 2.05) is 46.8 Å². The van der Waals surface area contributed by atoms with E-state index in [0.717, 1.165) is 5.56 Å². The number of hydrogen-bond donors (Lipinski definition) is 3. The lowest BCUT2D eigenvalue weighted by Crippen LogP contribution is -2.44. The molecule has 1 atom stereocenters. The van der Waals surface area contributed by atoms with Crippen LogP contribution in [0.15, 0.2) is 48.5 Å². The maximum atomic E-state index is 12.9. The van der Waals surface area contributed by atoms with E-state index in [0.29, 0.717) is 23.4 Å². The Morgan fingerprint density at radius 3 is 1.83 bits per heavy atom. The summed E-state index contributed by atoms with van der Waals surface area (Å²) in [4.78, 5) is 37.3. The predicted molar refractivity (Wildman–Crippen MR) is 120 cm³/mol. The average molecular weight is 410 g/mol. The van der Waals surface area contributed by atoms with Crippen LogP contribution >= 0.6 is 0 Å². The van der Waals surface area contributed by atoms with Crippen molar-refractivity contribution in [2.75, 3.05) is 10.6 Å². The first-order valence-corrected chi connectivity index (χ1v) is 10.3. The maximum Gasteiger partial charge on any atom is 0.252 e. The molecule has 0 heterocycles. The van der Waals surface area contributed by atoms with Crippen LogP contribution in [0.2, 0.25) is 0 Å². The van der Waals surface area contributed by atoms with Crippen molar-refractivity contribution in [3.8, 4) is 0 Å². The van der Waals surface area contributed by atoms with Gasteiger partial charge in [0, 0.05) is 22.9 Å². The van der Waals surface area contributed by atoms with Crippen molar-refractivity contribution in [3.05, 3.63) is 59.7 Å². The fourth-order valence-corrected chi connectivity index (χ4v) is 2.92. The lowest BCUT2D eigenvalue weighted by atomic mass is 10.0. The molecule has 6 heteroatoms. The molecule has 0 aromatic heterocycles. The molecule has 0 aliphatic rings. The second kappa shape index (κ2) is 10.6. The van der Waals surface area contributed by atoms with Gasteiger partial charge in [0.05, 0.1) is 0 Å². The Kier molecular flexibility index (Phi) is 8.16. The van der Waals surface area contributed by atoms with Gasteiger partial charge in [-0.2, -0.15) is 0 Å². The Hall–Kier alpha value is -3.15. The number of amides is 3. The first-order valence-electron chi connectivity index (χ1n) is 10.3. The van der Waals surface area contributed by atoms with Gasteiger partial charge in [0.15, 0.2) is 0 Å². The smallest absolute Gasteiger partial charge is 0.252 e. The Labute approximate surface area is 178 Å². The van der Waals surface area contributed by atoms with Gasteiger partial charge in [0.2, 0.25) is 11.8 Å². The van der Waals surface area contributed by atoms with Crippen molar-refractivity contribution < 1.29 is 14.4 Å². The summed E-state index contributed by atoms with van der Waals surface area (Å²) in [5.74, 6) is -0.488. The molecule has 0 radical (unpaired) electrons. The molecule has 160 valence electrons. The van der Waals surface area contributed by atoms with Gasteiger partial charge in [-0.1, -0.05) is 45.9 Å². The van der Waals surface area contributed by atoms with Crippen LogP contribution in [0.3, 0.4) is 0 Å². The molecule has 0 saturated carbocycles. The molecule has 30 heavy (non-hydrogen) atoms. The maximum absolute atomic E-state index is 12.9. The number of aryl methyl sites for hydroxylation is 1. The van der Waals surface area contributed by atoms with Gasteiger partial charge < -0.3 is 16.0 Å². The molecule has 0 saturated heterocycles. The lowest BCUT2D eigenvalue weighted by molar-refractivity contribution is -0.119. The van der Waals surface area contributed by atoms with Gasteiger partial charge in [0.25, 0.3) is 5.91 Å². The fraction of sp³-hybridized carbons (Fsp3) is 0.375. The quantitative estimate of drug-likeness (QED) is 0.605. The minimum absolute atomic E-state index is 0.0669. The summed E-state index contributed by atoms with van der Waals surface area (Å²) < 4.78 is 0. The summed E-state index contributed by atoms with van der Waals surface area (Å²) in [6.45, 7) is 9.53. The van der Waals surface area contributed by atoms with E-state index in [-0.39, 0.29) is 29.6 Å². The third kappa shape index (κ3) is 6.72. The number of benzene rings is 2. The van der Waals surface area contributed by atoms with E-state index < -0.39 is 6.04 Å². The van der Waals surface area contributed by atoms with Crippen molar-refractivity contribution >= 4 is 29.1 Å². The highest BCUT2D eigenvalue weighted by Gasteiger charge is 2.23. The summed E-state index contributed by atoms with van der Waals surface area (Å²) in [5, 5.41) is 8.53. The van der Waals surface area contributed by atoms with Gasteiger partial charge in [0.1, 0.15) is 6.04 Å². The molecule has 0 bridgehead atoms. The zero-order valence-corrected chi connectivity index (χ0v) is 18.3. The summed E-state index contributed by atoms with van der Waals surface area (Å²) in [6, 6.07) is 13.6. The standard InChI is InChI=1S/C24H31N3O3/c1-15(2)14-21(27-23(29)20-9-7-6-8-17(20)5)24(30)26-19-12-10-18(11-13-19)25-22(28)16(3)4/h6-13,15-16,21H,14H2,1-5H3,(H,25,28)(H,26,30)(H,27,29). The van der Waals surface area contributed by atoms with Crippen molar-refractivity contribution in [1.82, 2.24) is 5.32 Å². The van der Waals surface area contributed by atoms with Crippen LogP contribution in [0.5, 0.6) is 0 Å². The van der Waals surface area contributed by atoms with Crippen molar-refractivity contribution in [3.63, 3.8) is 0 Å². The zero-order chi connectivity index (χ0) is 22.3. The molecule has 3 N–H and O–H groups in total. The minimum atomic E-state index is -0.655. The molecule has 2 aromatic rings. The van der Waals surface area contributed by atoms with Crippen LogP contribution in [0.25, 0.3) is 0 Å². The van der Waals surface area contributed by atoms with Gasteiger partial charge in [-0.25, -0.2) is 0 Å². The summed E-state index contributed by atoms with van der Waals surface area (Å²) >= 11 is 0. The molecular formula is C24H31N3O3. The molecule has 6 nitrogen and oxygen atoms in total. The van der Waals surface area contributed by atoms with E-state index in [1.54, 1.807) is 36.4 Å². The molecular weight excluding hydrogens is 378 g/mol. The van der Waals surface area contributed by atoms with E-state index >= 15 is 0 Å². The predicted octanol–water partition coefficient (Wildman–Crippen LogP) is 4.37. The zero-order valence-electron chi connectivity index (χ0n) is 18.3. The summed E-state index contributed by atoms with van der Waals surface area (Å²) in [5.41, 5.74) is 2.68. The summed E-state index contributed by atoms with van der Waals surface area (Å²) in [7, 11) is 0. The highest BCUT2D eigenvalue weighted by molar-refractivity contribution is 6.02. The largest absolute Gasteiger partial charge is 0.340 e. The fourth-order valence-electron chi connectivity index (χ4n) is 2.92. The van der Waals surface area contributed by atoms with Crippen LogP contribution in [0.1, 0.15) is 50.0 Å². The number of anilines is 2. The number of nitrogens with one attached hydrogen (secondary N) is 3. The third-order valence-corrected chi connectivity index (χ3v) is 4.66. The Morgan fingerprint density at radius 2 is 1.33 bits per heavy atom. The first kappa shape index (κ1) is 23.1. The number of hydrogen-bond acceptors (Lipinski definition) is 3. The average Bonchev–Trinajstić information content (AvgIpc) is 2.68. The van der Waals surface area contributed by atoms with E-state index in [1.165, 1.54) is 0 Å². The Bertz CT molecular complexity index is 889. The number of carbonyl (C=O) groups excluding carboxylic acids is 3. The topological polar surface area (TPSA) is 87.3 Å². The summed E-state index contributed by atoms with van der Waals surface area (Å²) in [6.07, 6.45) is 0.520. The third-order valence-electron chi connectivity index (χ3n) is 4.66. The molecule has 0 fully saturated rings. The van der Waals surface area contributed by atoms with Crippen LogP contribution < -0.4 is 16.0 Å². The molecule has 2 aromatic carbocycles. The van der Waals surface area contributed by atoms with Crippen LogP contribution in [0.4, 0.5) is 11.4 Å². The molecule has 0 spiro atoms. The van der Waals surface area contributed by atoms with Crippen molar-refractivity contribution in [1.29, 1.82) is 0 Å². The van der Waals surface area contributed by atoms with Crippen LogP contribution in [-0.2, 0) is 9.59 Å². The second-order valence-corrected chi connectivity index (χ2v) is 8.18. The lowest BCUT2D eigenvalue weighted by Gasteiger charge is -2.21. The van der Waals surface area contributed by atoms with Gasteiger partial charge >= 0.3 is 0 Å². The van der Waals surface area contributed by atoms with E-state index in [9.17, 15) is 14.4 Å². The molecule has 3 amide bonds. The Morgan fingerprint density at radius 1 is 0.800 bits per heavy atom. The second-order valence-electron chi connectivity index (χ2n) is 8.18. The molecule has 0 aliphatic carbocycles. The number of rotatable bonds is 8. The van der Waals surface area contributed by atoms with Gasteiger partial charge in [-0.3, -0.25) is 14.4 Å². The van der Waals surface area contributed by atoms with Crippen LogP contribution in [0, 0.1) is 18.8 Å². The highest BCUT2D eigenvalue weighted by atomic mass is 16.2.